The monoisotopic (exact) mass is 345 g/mol. The van der Waals surface area contributed by atoms with Gasteiger partial charge in [0.25, 0.3) is 5.91 Å². The Kier molecular flexibility index (Phi) is 4.55. The number of nitrogens with zero attached hydrogens (tertiary/aromatic N) is 4. The molecule has 6 heteroatoms. The van der Waals surface area contributed by atoms with Crippen LogP contribution in [0.3, 0.4) is 0 Å². The van der Waals surface area contributed by atoms with Crippen molar-refractivity contribution in [3.05, 3.63) is 78.0 Å². The van der Waals surface area contributed by atoms with Gasteiger partial charge >= 0.3 is 0 Å². The average molecular weight is 345 g/mol. The van der Waals surface area contributed by atoms with Crippen molar-refractivity contribution in [2.75, 3.05) is 11.4 Å². The summed E-state index contributed by atoms with van der Waals surface area (Å²) in [5, 5.41) is 2.85. The molecule has 0 saturated carbocycles. The molecule has 0 aliphatic carbocycles. The molecular weight excluding hydrogens is 326 g/mol. The molecule has 1 N–H and O–H groups in total. The Hall–Kier alpha value is -3.28. The summed E-state index contributed by atoms with van der Waals surface area (Å²) in [5.41, 5.74) is 3.79. The van der Waals surface area contributed by atoms with Gasteiger partial charge in [0.05, 0.1) is 12.4 Å². The van der Waals surface area contributed by atoms with Crippen molar-refractivity contribution in [1.29, 1.82) is 0 Å². The van der Waals surface area contributed by atoms with Crippen LogP contribution in [0.15, 0.2) is 61.2 Å². The number of hydrogen-bond donors (Lipinski definition) is 1. The number of carbonyl (C=O) groups is 1. The lowest BCUT2D eigenvalue weighted by Gasteiger charge is -2.30. The fourth-order valence-corrected chi connectivity index (χ4v) is 3.12. The summed E-state index contributed by atoms with van der Waals surface area (Å²) in [5.74, 6) is 0.530. The van der Waals surface area contributed by atoms with Crippen LogP contribution in [-0.4, -0.2) is 27.4 Å². The zero-order valence-electron chi connectivity index (χ0n) is 14.3. The maximum atomic E-state index is 12.3. The quantitative estimate of drug-likeness (QED) is 0.787. The third-order valence-corrected chi connectivity index (χ3v) is 4.46. The molecular formula is C20H19N5O. The van der Waals surface area contributed by atoms with E-state index < -0.39 is 0 Å². The van der Waals surface area contributed by atoms with Crippen LogP contribution in [0.1, 0.15) is 28.0 Å². The number of nitrogens with one attached hydrogen (secondary N) is 1. The predicted molar refractivity (Wildman–Crippen MR) is 99.2 cm³/mol. The fourth-order valence-electron chi connectivity index (χ4n) is 3.12. The molecule has 0 spiro atoms. The van der Waals surface area contributed by atoms with Crippen LogP contribution < -0.4 is 10.2 Å². The number of fused-ring (bicyclic) bond motifs is 1. The number of carbonyl (C=O) groups excluding carboxylic acids is 1. The molecule has 4 rings (SSSR count). The summed E-state index contributed by atoms with van der Waals surface area (Å²) in [6.45, 7) is 1.34. The van der Waals surface area contributed by atoms with E-state index in [0.29, 0.717) is 12.2 Å². The molecule has 1 aromatic carbocycles. The van der Waals surface area contributed by atoms with Gasteiger partial charge in [-0.2, -0.15) is 0 Å². The Bertz CT molecular complexity index is 896. The summed E-state index contributed by atoms with van der Waals surface area (Å²) in [7, 11) is 0. The molecule has 0 radical (unpaired) electrons. The molecule has 130 valence electrons. The van der Waals surface area contributed by atoms with Crippen LogP contribution in [0, 0.1) is 0 Å². The first-order chi connectivity index (χ1) is 12.8. The topological polar surface area (TPSA) is 71.0 Å². The number of rotatable bonds is 4. The molecule has 3 aromatic rings. The minimum atomic E-state index is -0.236. The Labute approximate surface area is 151 Å². The first kappa shape index (κ1) is 16.2. The number of hydrogen-bond acceptors (Lipinski definition) is 5. The molecule has 0 unspecified atom stereocenters. The molecule has 6 nitrogen and oxygen atoms in total. The van der Waals surface area contributed by atoms with Gasteiger partial charge in [-0.25, -0.2) is 9.97 Å². The third kappa shape index (κ3) is 3.39. The van der Waals surface area contributed by atoms with Crippen LogP contribution in [0.25, 0.3) is 0 Å². The van der Waals surface area contributed by atoms with Crippen molar-refractivity contribution in [2.45, 2.75) is 19.4 Å². The molecule has 2 aromatic heterocycles. The molecule has 1 amide bonds. The SMILES string of the molecule is O=C(NCc1ccncc1)c1cnc(N2CCCc3ccccc32)cn1. The van der Waals surface area contributed by atoms with Crippen LogP contribution in [-0.2, 0) is 13.0 Å². The van der Waals surface area contributed by atoms with Gasteiger partial charge in [-0.05, 0) is 42.2 Å². The molecule has 0 fully saturated rings. The Morgan fingerprint density at radius 1 is 1.08 bits per heavy atom. The molecule has 1 aliphatic rings. The molecule has 3 heterocycles. The highest BCUT2D eigenvalue weighted by Crippen LogP contribution is 2.31. The van der Waals surface area contributed by atoms with Gasteiger partial charge < -0.3 is 10.2 Å². The van der Waals surface area contributed by atoms with Crippen LogP contribution >= 0.6 is 0 Å². The van der Waals surface area contributed by atoms with Crippen LogP contribution in [0.5, 0.6) is 0 Å². The number of anilines is 2. The largest absolute Gasteiger partial charge is 0.347 e. The second-order valence-corrected chi connectivity index (χ2v) is 6.18. The van der Waals surface area contributed by atoms with Gasteiger partial charge in [-0.1, -0.05) is 18.2 Å². The van der Waals surface area contributed by atoms with E-state index in [2.05, 4.69) is 43.4 Å². The Morgan fingerprint density at radius 2 is 1.92 bits per heavy atom. The number of pyridine rings is 1. The zero-order chi connectivity index (χ0) is 17.8. The minimum absolute atomic E-state index is 0.236. The van der Waals surface area contributed by atoms with Crippen molar-refractivity contribution < 1.29 is 4.79 Å². The maximum absolute atomic E-state index is 12.3. The van der Waals surface area contributed by atoms with Crippen molar-refractivity contribution >= 4 is 17.4 Å². The normalized spacial score (nSPS) is 13.2. The maximum Gasteiger partial charge on any atom is 0.271 e. The van der Waals surface area contributed by atoms with E-state index in [1.807, 2.05) is 18.2 Å². The van der Waals surface area contributed by atoms with Crippen molar-refractivity contribution in [3.63, 3.8) is 0 Å². The standard InChI is InChI=1S/C20H19N5O/c26-20(24-12-15-7-9-21-10-8-15)17-13-23-19(14-22-17)25-11-3-5-16-4-1-2-6-18(16)25/h1-2,4,6-10,13-14H,3,5,11-12H2,(H,24,26). The van der Waals surface area contributed by atoms with E-state index in [1.54, 1.807) is 18.6 Å². The van der Waals surface area contributed by atoms with E-state index in [1.165, 1.54) is 17.4 Å². The average Bonchev–Trinajstić information content (AvgIpc) is 2.72. The first-order valence-corrected chi connectivity index (χ1v) is 8.66. The highest BCUT2D eigenvalue weighted by Gasteiger charge is 2.19. The lowest BCUT2D eigenvalue weighted by atomic mass is 10.0. The summed E-state index contributed by atoms with van der Waals surface area (Å²) in [4.78, 5) is 27.2. The highest BCUT2D eigenvalue weighted by molar-refractivity contribution is 5.92. The van der Waals surface area contributed by atoms with Gasteiger partial charge in [0.2, 0.25) is 0 Å². The Morgan fingerprint density at radius 3 is 2.73 bits per heavy atom. The van der Waals surface area contributed by atoms with E-state index in [9.17, 15) is 4.79 Å². The lowest BCUT2D eigenvalue weighted by molar-refractivity contribution is 0.0945. The summed E-state index contributed by atoms with van der Waals surface area (Å²) in [6.07, 6.45) is 8.76. The molecule has 0 saturated heterocycles. The second kappa shape index (κ2) is 7.31. The summed E-state index contributed by atoms with van der Waals surface area (Å²) >= 11 is 0. The second-order valence-electron chi connectivity index (χ2n) is 6.18. The number of aromatic nitrogens is 3. The predicted octanol–water partition coefficient (Wildman–Crippen LogP) is 2.89. The van der Waals surface area contributed by atoms with Crippen molar-refractivity contribution in [3.8, 4) is 0 Å². The molecule has 0 bridgehead atoms. The molecule has 26 heavy (non-hydrogen) atoms. The highest BCUT2D eigenvalue weighted by atomic mass is 16.1. The number of para-hydroxylation sites is 1. The third-order valence-electron chi connectivity index (χ3n) is 4.46. The number of amides is 1. The molecule has 0 atom stereocenters. The van der Waals surface area contributed by atoms with E-state index in [4.69, 9.17) is 0 Å². The van der Waals surface area contributed by atoms with Gasteiger partial charge in [0.1, 0.15) is 5.69 Å². The van der Waals surface area contributed by atoms with Gasteiger partial charge in [0.15, 0.2) is 5.82 Å². The smallest absolute Gasteiger partial charge is 0.271 e. The minimum Gasteiger partial charge on any atom is -0.347 e. The zero-order valence-corrected chi connectivity index (χ0v) is 14.3. The van der Waals surface area contributed by atoms with Crippen molar-refractivity contribution in [2.24, 2.45) is 0 Å². The van der Waals surface area contributed by atoms with Gasteiger partial charge in [-0.15, -0.1) is 0 Å². The lowest BCUT2D eigenvalue weighted by Crippen LogP contribution is -2.27. The van der Waals surface area contributed by atoms with E-state index >= 15 is 0 Å². The van der Waals surface area contributed by atoms with Crippen LogP contribution in [0.4, 0.5) is 11.5 Å². The first-order valence-electron chi connectivity index (χ1n) is 8.66. The number of benzene rings is 1. The van der Waals surface area contributed by atoms with Crippen molar-refractivity contribution in [1.82, 2.24) is 20.3 Å². The van der Waals surface area contributed by atoms with Gasteiger partial charge in [-0.3, -0.25) is 9.78 Å². The fraction of sp³-hybridized carbons (Fsp3) is 0.200. The summed E-state index contributed by atoms with van der Waals surface area (Å²) in [6, 6.07) is 12.1. The Balaban J connectivity index is 1.46. The summed E-state index contributed by atoms with van der Waals surface area (Å²) < 4.78 is 0. The number of aryl methyl sites for hydroxylation is 1. The van der Waals surface area contributed by atoms with Gasteiger partial charge in [0, 0.05) is 31.2 Å². The van der Waals surface area contributed by atoms with Crippen LogP contribution in [0.2, 0.25) is 0 Å². The van der Waals surface area contributed by atoms with E-state index in [-0.39, 0.29) is 5.91 Å². The van der Waals surface area contributed by atoms with E-state index in [0.717, 1.165) is 30.8 Å². The molecule has 1 aliphatic heterocycles.